The van der Waals surface area contributed by atoms with E-state index in [0.717, 1.165) is 18.3 Å². The van der Waals surface area contributed by atoms with Crippen molar-refractivity contribution in [3.8, 4) is 0 Å². The van der Waals surface area contributed by atoms with Gasteiger partial charge in [0.05, 0.1) is 12.1 Å². The Morgan fingerprint density at radius 1 is 0.885 bits per heavy atom. The van der Waals surface area contributed by atoms with Crippen LogP contribution in [-0.4, -0.2) is 62.2 Å². The number of nitrogens with zero attached hydrogens (tertiary/aromatic N) is 6. The molecule has 146 valence electrons. The number of aromatic nitrogens is 4. The van der Waals surface area contributed by atoms with Gasteiger partial charge in [0.1, 0.15) is 0 Å². The first kappa shape index (κ1) is 18.4. The van der Waals surface area contributed by atoms with E-state index in [-0.39, 0.29) is 0 Å². The van der Waals surface area contributed by atoms with Gasteiger partial charge in [0.2, 0.25) is 0 Å². The van der Waals surface area contributed by atoms with Gasteiger partial charge >= 0.3 is 0 Å². The molecule has 3 fully saturated rings. The summed E-state index contributed by atoms with van der Waals surface area (Å²) in [5.74, 6) is 1.13. The average Bonchev–Trinajstić information content (AvgIpc) is 3.38. The van der Waals surface area contributed by atoms with E-state index in [4.69, 9.17) is 0 Å². The van der Waals surface area contributed by atoms with E-state index >= 15 is 0 Å². The molecule has 2 heterocycles. The fraction of sp³-hybridized carbons (Fsp3) is 0.950. The van der Waals surface area contributed by atoms with Gasteiger partial charge in [-0.2, -0.15) is 0 Å². The molecule has 0 N–H and O–H groups in total. The highest BCUT2D eigenvalue weighted by atomic mass is 15.6. The first-order valence-electron chi connectivity index (χ1n) is 11.1. The summed E-state index contributed by atoms with van der Waals surface area (Å²) in [4.78, 5) is 5.43. The Morgan fingerprint density at radius 3 is 2.23 bits per heavy atom. The van der Waals surface area contributed by atoms with E-state index in [9.17, 15) is 0 Å². The van der Waals surface area contributed by atoms with E-state index in [1.54, 1.807) is 0 Å². The summed E-state index contributed by atoms with van der Waals surface area (Å²) in [6.07, 6.45) is 14.6. The maximum atomic E-state index is 4.51. The summed E-state index contributed by atoms with van der Waals surface area (Å²) >= 11 is 0. The van der Waals surface area contributed by atoms with Gasteiger partial charge in [-0.15, -0.1) is 5.10 Å². The van der Waals surface area contributed by atoms with Gasteiger partial charge in [-0.3, -0.25) is 9.80 Å². The lowest BCUT2D eigenvalue weighted by atomic mass is 9.93. The van der Waals surface area contributed by atoms with Crippen molar-refractivity contribution in [1.29, 1.82) is 0 Å². The lowest BCUT2D eigenvalue weighted by molar-refractivity contribution is 0.0495. The Labute approximate surface area is 158 Å². The highest BCUT2D eigenvalue weighted by molar-refractivity contribution is 4.98. The molecule has 0 bridgehead atoms. The predicted molar refractivity (Wildman–Crippen MR) is 103 cm³/mol. The quantitative estimate of drug-likeness (QED) is 0.776. The van der Waals surface area contributed by atoms with Crippen LogP contribution in [0.4, 0.5) is 0 Å². The van der Waals surface area contributed by atoms with Crippen molar-refractivity contribution in [2.45, 2.75) is 95.7 Å². The van der Waals surface area contributed by atoms with Gasteiger partial charge in [0.15, 0.2) is 5.82 Å². The van der Waals surface area contributed by atoms with Crippen LogP contribution in [0.1, 0.15) is 95.5 Å². The molecule has 2 aliphatic carbocycles. The summed E-state index contributed by atoms with van der Waals surface area (Å²) in [5, 5.41) is 13.0. The molecule has 0 unspecified atom stereocenters. The summed E-state index contributed by atoms with van der Waals surface area (Å²) < 4.78 is 2.18. The molecular weight excluding hydrogens is 324 g/mol. The molecule has 2 saturated carbocycles. The summed E-state index contributed by atoms with van der Waals surface area (Å²) in [7, 11) is 0. The summed E-state index contributed by atoms with van der Waals surface area (Å²) in [5.41, 5.74) is 0. The third-order valence-electron chi connectivity index (χ3n) is 6.93. The maximum Gasteiger partial charge on any atom is 0.168 e. The molecule has 6 heteroatoms. The van der Waals surface area contributed by atoms with Gasteiger partial charge < -0.3 is 0 Å². The zero-order chi connectivity index (χ0) is 17.8. The van der Waals surface area contributed by atoms with Crippen molar-refractivity contribution >= 4 is 0 Å². The topological polar surface area (TPSA) is 50.1 Å². The number of rotatable bonds is 6. The second-order valence-electron chi connectivity index (χ2n) is 8.59. The molecule has 1 aromatic rings. The molecule has 3 aliphatic rings. The number of hydrogen-bond acceptors (Lipinski definition) is 5. The van der Waals surface area contributed by atoms with E-state index in [1.165, 1.54) is 90.4 Å². The lowest BCUT2D eigenvalue weighted by Crippen LogP contribution is -2.51. The molecule has 0 amide bonds. The van der Waals surface area contributed by atoms with Crippen LogP contribution in [0.15, 0.2) is 0 Å². The van der Waals surface area contributed by atoms with E-state index in [2.05, 4.69) is 36.9 Å². The Kier molecular flexibility index (Phi) is 6.20. The van der Waals surface area contributed by atoms with Crippen molar-refractivity contribution in [3.63, 3.8) is 0 Å². The number of hydrogen-bond donors (Lipinski definition) is 0. The van der Waals surface area contributed by atoms with Gasteiger partial charge in [0, 0.05) is 32.2 Å². The molecule has 1 aliphatic heterocycles. The molecule has 1 aromatic heterocycles. The zero-order valence-corrected chi connectivity index (χ0v) is 16.5. The third kappa shape index (κ3) is 3.96. The van der Waals surface area contributed by atoms with E-state index in [1.807, 2.05) is 0 Å². The van der Waals surface area contributed by atoms with Crippen molar-refractivity contribution in [1.82, 2.24) is 30.0 Å². The van der Waals surface area contributed by atoms with Crippen LogP contribution in [0.2, 0.25) is 0 Å². The first-order chi connectivity index (χ1) is 12.9. The van der Waals surface area contributed by atoms with Crippen molar-refractivity contribution in [2.75, 3.05) is 26.2 Å². The molecule has 6 nitrogen and oxygen atoms in total. The van der Waals surface area contributed by atoms with Crippen molar-refractivity contribution < 1.29 is 0 Å². The SMILES string of the molecule is CCC[C@@H](c1nnnn1C1CCCC1)N1CCN(C2CCCCC2)CC1. The molecular formula is C20H36N6. The minimum Gasteiger partial charge on any atom is -0.298 e. The second kappa shape index (κ2) is 8.79. The average molecular weight is 361 g/mol. The van der Waals surface area contributed by atoms with Crippen molar-refractivity contribution in [2.24, 2.45) is 0 Å². The standard InChI is InChI=1S/C20H36N6/c1-2-8-19(20-21-22-23-26(20)18-11-6-7-12-18)25-15-13-24(14-16-25)17-9-4-3-5-10-17/h17-19H,2-16H2,1H3/t19-/m0/s1. The van der Waals surface area contributed by atoms with E-state index in [0.29, 0.717) is 12.1 Å². The van der Waals surface area contributed by atoms with Crippen LogP contribution in [0.5, 0.6) is 0 Å². The number of tetrazole rings is 1. The van der Waals surface area contributed by atoms with Crippen LogP contribution in [0, 0.1) is 0 Å². The molecule has 1 atom stereocenters. The minimum absolute atomic E-state index is 0.393. The lowest BCUT2D eigenvalue weighted by Gasteiger charge is -2.43. The Bertz CT molecular complexity index is 538. The summed E-state index contributed by atoms with van der Waals surface area (Å²) in [6, 6.07) is 1.77. The van der Waals surface area contributed by atoms with Gasteiger partial charge in [-0.05, 0) is 42.5 Å². The molecule has 0 radical (unpaired) electrons. The molecule has 4 rings (SSSR count). The molecule has 0 spiro atoms. The zero-order valence-electron chi connectivity index (χ0n) is 16.5. The maximum absolute atomic E-state index is 4.51. The van der Waals surface area contributed by atoms with Crippen LogP contribution in [0.3, 0.4) is 0 Å². The van der Waals surface area contributed by atoms with Crippen LogP contribution >= 0.6 is 0 Å². The first-order valence-corrected chi connectivity index (χ1v) is 11.1. The Hall–Kier alpha value is -1.01. The predicted octanol–water partition coefficient (Wildman–Crippen LogP) is 3.58. The van der Waals surface area contributed by atoms with Crippen LogP contribution in [0.25, 0.3) is 0 Å². The highest BCUT2D eigenvalue weighted by Crippen LogP contribution is 2.33. The Morgan fingerprint density at radius 2 is 1.54 bits per heavy atom. The van der Waals surface area contributed by atoms with Gasteiger partial charge in [-0.1, -0.05) is 45.4 Å². The smallest absolute Gasteiger partial charge is 0.168 e. The monoisotopic (exact) mass is 360 g/mol. The van der Waals surface area contributed by atoms with Crippen molar-refractivity contribution in [3.05, 3.63) is 5.82 Å². The highest BCUT2D eigenvalue weighted by Gasteiger charge is 2.32. The second-order valence-corrected chi connectivity index (χ2v) is 8.59. The Balaban J connectivity index is 1.42. The minimum atomic E-state index is 0.393. The largest absolute Gasteiger partial charge is 0.298 e. The summed E-state index contributed by atoms with van der Waals surface area (Å²) in [6.45, 7) is 7.05. The molecule has 26 heavy (non-hydrogen) atoms. The van der Waals surface area contributed by atoms with Crippen LogP contribution < -0.4 is 0 Å². The molecule has 0 aromatic carbocycles. The fourth-order valence-electron chi connectivity index (χ4n) is 5.44. The van der Waals surface area contributed by atoms with Gasteiger partial charge in [-0.25, -0.2) is 4.68 Å². The normalized spacial score (nSPS) is 25.7. The molecule has 1 saturated heterocycles. The van der Waals surface area contributed by atoms with Gasteiger partial charge in [0.25, 0.3) is 0 Å². The third-order valence-corrected chi connectivity index (χ3v) is 6.93. The number of piperazine rings is 1. The fourth-order valence-corrected chi connectivity index (χ4v) is 5.44. The van der Waals surface area contributed by atoms with E-state index < -0.39 is 0 Å². The van der Waals surface area contributed by atoms with Crippen LogP contribution in [-0.2, 0) is 0 Å².